The molecule has 6 heteroatoms. The van der Waals surface area contributed by atoms with Crippen molar-refractivity contribution in [2.75, 3.05) is 19.7 Å². The summed E-state index contributed by atoms with van der Waals surface area (Å²) in [7, 11) is -4.36. The molecule has 1 saturated heterocycles. The van der Waals surface area contributed by atoms with E-state index in [1.54, 1.807) is 0 Å². The molecule has 1 aliphatic rings. The van der Waals surface area contributed by atoms with Gasteiger partial charge in [-0.05, 0) is 42.0 Å². The lowest BCUT2D eigenvalue weighted by Crippen LogP contribution is -2.29. The second kappa shape index (κ2) is 8.80. The molecule has 1 unspecified atom stereocenters. The maximum absolute atomic E-state index is 10.7. The van der Waals surface area contributed by atoms with Crippen LogP contribution in [0.1, 0.15) is 30.9 Å². The summed E-state index contributed by atoms with van der Waals surface area (Å²) >= 11 is 0. The van der Waals surface area contributed by atoms with Crippen LogP contribution in [-0.2, 0) is 14.6 Å². The maximum atomic E-state index is 10.7. The number of rotatable bonds is 7. The van der Waals surface area contributed by atoms with Crippen LogP contribution in [0.5, 0.6) is 0 Å². The minimum atomic E-state index is -4.36. The first-order chi connectivity index (χ1) is 13.0. The van der Waals surface area contributed by atoms with Crippen molar-refractivity contribution in [2.24, 2.45) is 0 Å². The van der Waals surface area contributed by atoms with E-state index in [1.807, 2.05) is 12.1 Å². The number of nitrogens with zero attached hydrogens (tertiary/aromatic N) is 1. The van der Waals surface area contributed by atoms with Crippen LogP contribution in [0, 0.1) is 0 Å². The molecular weight excluding hydrogens is 362 g/mol. The molecule has 1 aliphatic heterocycles. The highest BCUT2D eigenvalue weighted by atomic mass is 32.3. The molecule has 27 heavy (non-hydrogen) atoms. The van der Waals surface area contributed by atoms with Crippen molar-refractivity contribution in [1.29, 1.82) is 0 Å². The van der Waals surface area contributed by atoms with Crippen molar-refractivity contribution >= 4 is 16.0 Å². The summed E-state index contributed by atoms with van der Waals surface area (Å²) in [6.07, 6.45) is 1.52. The van der Waals surface area contributed by atoms with E-state index in [0.29, 0.717) is 6.42 Å². The molecule has 144 valence electrons. The second-order valence-electron chi connectivity index (χ2n) is 6.70. The average Bonchev–Trinajstić information content (AvgIpc) is 3.01. The van der Waals surface area contributed by atoms with E-state index in [0.717, 1.165) is 19.5 Å². The lowest BCUT2D eigenvalue weighted by molar-refractivity contribution is 0.224. The molecule has 0 saturated carbocycles. The number of benzene rings is 2. The summed E-state index contributed by atoms with van der Waals surface area (Å²) in [5.74, 6) is 0. The normalized spacial score (nSPS) is 18.0. The van der Waals surface area contributed by atoms with Crippen molar-refractivity contribution < 1.29 is 17.2 Å². The van der Waals surface area contributed by atoms with Gasteiger partial charge in [0.2, 0.25) is 0 Å². The minimum Gasteiger partial charge on any atom is -0.297 e. The fraction of sp³-hybridized carbons (Fsp3) is 0.333. The first-order valence-electron chi connectivity index (χ1n) is 9.15. The van der Waals surface area contributed by atoms with Gasteiger partial charge in [-0.25, -0.2) is 4.18 Å². The molecule has 1 N–H and O–H groups in total. The predicted octanol–water partition coefficient (Wildman–Crippen LogP) is 3.79. The van der Waals surface area contributed by atoms with Gasteiger partial charge in [0.25, 0.3) is 0 Å². The van der Waals surface area contributed by atoms with Gasteiger partial charge < -0.3 is 0 Å². The Morgan fingerprint density at radius 2 is 1.63 bits per heavy atom. The third-order valence-electron chi connectivity index (χ3n) is 4.99. The van der Waals surface area contributed by atoms with Gasteiger partial charge in [0.05, 0.1) is 6.61 Å². The molecule has 1 atom stereocenters. The topological polar surface area (TPSA) is 66.8 Å². The van der Waals surface area contributed by atoms with Gasteiger partial charge in [-0.3, -0.25) is 9.45 Å². The zero-order valence-electron chi connectivity index (χ0n) is 15.4. The lowest BCUT2D eigenvalue weighted by atomic mass is 9.90. The molecule has 5 nitrogen and oxygen atoms in total. The number of likely N-dealkylation sites (tertiary alicyclic amines) is 1. The molecule has 0 aliphatic carbocycles. The van der Waals surface area contributed by atoms with E-state index in [1.165, 1.54) is 22.3 Å². The smallest absolute Gasteiger partial charge is 0.297 e. The van der Waals surface area contributed by atoms with E-state index >= 15 is 0 Å². The molecule has 0 spiro atoms. The predicted molar refractivity (Wildman–Crippen MR) is 107 cm³/mol. The Bertz CT molecular complexity index is 837. The van der Waals surface area contributed by atoms with E-state index in [-0.39, 0.29) is 12.6 Å². The third kappa shape index (κ3) is 5.26. The summed E-state index contributed by atoms with van der Waals surface area (Å²) in [5.41, 5.74) is 5.09. The average molecular weight is 388 g/mol. The van der Waals surface area contributed by atoms with E-state index < -0.39 is 10.4 Å². The molecule has 0 bridgehead atoms. The van der Waals surface area contributed by atoms with Gasteiger partial charge in [-0.2, -0.15) is 8.42 Å². The quantitative estimate of drug-likeness (QED) is 0.578. The minimum absolute atomic E-state index is 0.00860. The summed E-state index contributed by atoms with van der Waals surface area (Å²) in [4.78, 5) is 2.33. The Hall–Kier alpha value is -1.99. The van der Waals surface area contributed by atoms with Gasteiger partial charge in [-0.1, -0.05) is 60.7 Å². The SMILES string of the molecule is CC1C(=C(c2ccccc2)c2ccccc2)CCN1CCCOS(=O)(=O)O. The summed E-state index contributed by atoms with van der Waals surface area (Å²) in [5, 5.41) is 0. The molecule has 2 aromatic rings. The van der Waals surface area contributed by atoms with Gasteiger partial charge in [-0.15, -0.1) is 0 Å². The van der Waals surface area contributed by atoms with Gasteiger partial charge in [0.1, 0.15) is 0 Å². The monoisotopic (exact) mass is 387 g/mol. The van der Waals surface area contributed by atoms with Crippen molar-refractivity contribution in [2.45, 2.75) is 25.8 Å². The molecule has 0 radical (unpaired) electrons. The molecular formula is C21H25NO4S. The van der Waals surface area contributed by atoms with Gasteiger partial charge >= 0.3 is 10.4 Å². The lowest BCUT2D eigenvalue weighted by Gasteiger charge is -2.23. The number of hydrogen-bond acceptors (Lipinski definition) is 4. The Morgan fingerprint density at radius 3 is 2.15 bits per heavy atom. The van der Waals surface area contributed by atoms with Crippen LogP contribution in [0.4, 0.5) is 0 Å². The largest absolute Gasteiger partial charge is 0.397 e. The van der Waals surface area contributed by atoms with Crippen LogP contribution >= 0.6 is 0 Å². The van der Waals surface area contributed by atoms with Crippen molar-refractivity contribution in [3.63, 3.8) is 0 Å². The number of hydrogen-bond donors (Lipinski definition) is 1. The third-order valence-corrected chi connectivity index (χ3v) is 5.45. The highest BCUT2D eigenvalue weighted by Crippen LogP contribution is 2.35. The zero-order valence-corrected chi connectivity index (χ0v) is 16.2. The maximum Gasteiger partial charge on any atom is 0.397 e. The highest BCUT2D eigenvalue weighted by molar-refractivity contribution is 7.80. The van der Waals surface area contributed by atoms with Crippen LogP contribution in [0.25, 0.3) is 5.57 Å². The molecule has 0 amide bonds. The van der Waals surface area contributed by atoms with Gasteiger partial charge in [0.15, 0.2) is 0 Å². The van der Waals surface area contributed by atoms with Gasteiger partial charge in [0, 0.05) is 19.1 Å². The molecule has 1 heterocycles. The molecule has 3 rings (SSSR count). The van der Waals surface area contributed by atoms with Crippen LogP contribution in [0.15, 0.2) is 66.2 Å². The zero-order chi connectivity index (χ0) is 19.3. The summed E-state index contributed by atoms with van der Waals surface area (Å²) < 4.78 is 34.4. The van der Waals surface area contributed by atoms with E-state index in [2.05, 4.69) is 64.5 Å². The van der Waals surface area contributed by atoms with E-state index in [4.69, 9.17) is 4.55 Å². The first kappa shape index (κ1) is 19.8. The highest BCUT2D eigenvalue weighted by Gasteiger charge is 2.28. The fourth-order valence-electron chi connectivity index (χ4n) is 3.71. The van der Waals surface area contributed by atoms with Crippen LogP contribution in [0.2, 0.25) is 0 Å². The molecule has 2 aromatic carbocycles. The Balaban J connectivity index is 1.81. The van der Waals surface area contributed by atoms with Crippen LogP contribution in [-0.4, -0.2) is 43.6 Å². The molecule has 1 fully saturated rings. The Kier molecular flexibility index (Phi) is 6.44. The van der Waals surface area contributed by atoms with Crippen molar-refractivity contribution in [1.82, 2.24) is 4.90 Å². The standard InChI is InChI=1S/C21H25NO4S/c1-17-20(13-15-22(17)14-8-16-26-27(23,24)25)21(18-9-4-2-5-10-18)19-11-6-3-7-12-19/h2-7,9-12,17H,8,13-16H2,1H3,(H,23,24,25). The van der Waals surface area contributed by atoms with Crippen molar-refractivity contribution in [3.05, 3.63) is 77.4 Å². The fourth-order valence-corrected chi connectivity index (χ4v) is 4.03. The first-order valence-corrected chi connectivity index (χ1v) is 10.5. The van der Waals surface area contributed by atoms with Crippen LogP contribution < -0.4 is 0 Å². The second-order valence-corrected chi connectivity index (χ2v) is 7.79. The Morgan fingerprint density at radius 1 is 1.07 bits per heavy atom. The Labute approximate surface area is 161 Å². The van der Waals surface area contributed by atoms with Crippen LogP contribution in [0.3, 0.4) is 0 Å². The summed E-state index contributed by atoms with van der Waals surface area (Å²) in [6.45, 7) is 3.83. The van der Waals surface area contributed by atoms with Crippen molar-refractivity contribution in [3.8, 4) is 0 Å². The van der Waals surface area contributed by atoms with E-state index in [9.17, 15) is 8.42 Å². The molecule has 0 aromatic heterocycles. The summed E-state index contributed by atoms with van der Waals surface area (Å²) in [6, 6.07) is 21.1.